The van der Waals surface area contributed by atoms with Crippen LogP contribution >= 0.6 is 11.6 Å². The van der Waals surface area contributed by atoms with Gasteiger partial charge in [0.05, 0.1) is 16.9 Å². The SMILES string of the molecule is CCNc1ccc(Cl)cc1NC(=O)c1ccc2c(c1)nnn2C. The second kappa shape index (κ2) is 6.26. The molecular formula is C16H16ClN5O. The highest BCUT2D eigenvalue weighted by Crippen LogP contribution is 2.26. The Morgan fingerprint density at radius 3 is 2.83 bits per heavy atom. The molecule has 2 aromatic carbocycles. The van der Waals surface area contributed by atoms with Crippen molar-refractivity contribution in [1.82, 2.24) is 15.0 Å². The number of nitrogens with zero attached hydrogens (tertiary/aromatic N) is 3. The van der Waals surface area contributed by atoms with Crippen LogP contribution in [0.2, 0.25) is 5.02 Å². The van der Waals surface area contributed by atoms with Crippen LogP contribution in [0, 0.1) is 0 Å². The van der Waals surface area contributed by atoms with Gasteiger partial charge < -0.3 is 10.6 Å². The summed E-state index contributed by atoms with van der Waals surface area (Å²) in [4.78, 5) is 12.5. The molecule has 0 atom stereocenters. The zero-order valence-electron chi connectivity index (χ0n) is 12.8. The van der Waals surface area contributed by atoms with Crippen LogP contribution in [0.3, 0.4) is 0 Å². The lowest BCUT2D eigenvalue weighted by atomic mass is 10.1. The fourth-order valence-electron chi connectivity index (χ4n) is 2.34. The number of rotatable bonds is 4. The lowest BCUT2D eigenvalue weighted by molar-refractivity contribution is 0.102. The molecule has 0 aliphatic heterocycles. The molecule has 0 bridgehead atoms. The standard InChI is InChI=1S/C16H16ClN5O/c1-3-18-12-6-5-11(17)9-13(12)19-16(23)10-4-7-15-14(8-10)20-21-22(15)2/h4-9,18H,3H2,1-2H3,(H,19,23). The highest BCUT2D eigenvalue weighted by atomic mass is 35.5. The van der Waals surface area contributed by atoms with Crippen molar-refractivity contribution in [3.05, 3.63) is 47.0 Å². The Bertz CT molecular complexity index is 874. The van der Waals surface area contributed by atoms with Gasteiger partial charge >= 0.3 is 0 Å². The van der Waals surface area contributed by atoms with Crippen LogP contribution in [0.4, 0.5) is 11.4 Å². The van der Waals surface area contributed by atoms with Gasteiger partial charge in [-0.25, -0.2) is 4.68 Å². The monoisotopic (exact) mass is 329 g/mol. The van der Waals surface area contributed by atoms with Crippen LogP contribution in [0.5, 0.6) is 0 Å². The molecule has 118 valence electrons. The Balaban J connectivity index is 1.89. The third kappa shape index (κ3) is 3.12. The largest absolute Gasteiger partial charge is 0.384 e. The number of anilines is 2. The van der Waals surface area contributed by atoms with E-state index in [4.69, 9.17) is 11.6 Å². The summed E-state index contributed by atoms with van der Waals surface area (Å²) in [5.74, 6) is -0.223. The van der Waals surface area contributed by atoms with E-state index in [1.165, 1.54) is 0 Å². The molecule has 0 fully saturated rings. The molecule has 3 rings (SSSR count). The number of fused-ring (bicyclic) bond motifs is 1. The normalized spacial score (nSPS) is 10.7. The van der Waals surface area contributed by atoms with E-state index in [9.17, 15) is 4.79 Å². The highest BCUT2D eigenvalue weighted by molar-refractivity contribution is 6.31. The summed E-state index contributed by atoms with van der Waals surface area (Å²) in [6.07, 6.45) is 0. The Morgan fingerprint density at radius 1 is 1.22 bits per heavy atom. The van der Waals surface area contributed by atoms with Crippen LogP contribution < -0.4 is 10.6 Å². The molecule has 2 N–H and O–H groups in total. The molecule has 0 aliphatic carbocycles. The maximum Gasteiger partial charge on any atom is 0.255 e. The van der Waals surface area contributed by atoms with E-state index in [0.29, 0.717) is 21.8 Å². The Morgan fingerprint density at radius 2 is 2.04 bits per heavy atom. The molecule has 1 heterocycles. The van der Waals surface area contributed by atoms with E-state index in [0.717, 1.165) is 17.7 Å². The number of nitrogens with one attached hydrogen (secondary N) is 2. The van der Waals surface area contributed by atoms with E-state index < -0.39 is 0 Å². The number of hydrogen-bond acceptors (Lipinski definition) is 4. The van der Waals surface area contributed by atoms with E-state index in [1.807, 2.05) is 26.1 Å². The summed E-state index contributed by atoms with van der Waals surface area (Å²) in [6.45, 7) is 2.73. The van der Waals surface area contributed by atoms with Gasteiger partial charge in [-0.3, -0.25) is 4.79 Å². The Kier molecular flexibility index (Phi) is 4.16. The number of benzene rings is 2. The maximum absolute atomic E-state index is 12.5. The quantitative estimate of drug-likeness (QED) is 0.770. The maximum atomic E-state index is 12.5. The molecule has 1 aromatic heterocycles. The number of carbonyl (C=O) groups excluding carboxylic acids is 1. The average Bonchev–Trinajstić information content (AvgIpc) is 2.91. The second-order valence-electron chi connectivity index (χ2n) is 5.09. The van der Waals surface area contributed by atoms with Crippen molar-refractivity contribution in [3.8, 4) is 0 Å². The van der Waals surface area contributed by atoms with Crippen LogP contribution in [0.15, 0.2) is 36.4 Å². The number of carbonyl (C=O) groups is 1. The zero-order chi connectivity index (χ0) is 16.4. The van der Waals surface area contributed by atoms with Gasteiger partial charge in [0.2, 0.25) is 0 Å². The topological polar surface area (TPSA) is 71.8 Å². The molecule has 3 aromatic rings. The lowest BCUT2D eigenvalue weighted by Crippen LogP contribution is -2.13. The number of hydrogen-bond donors (Lipinski definition) is 2. The van der Waals surface area contributed by atoms with E-state index in [1.54, 1.807) is 28.9 Å². The summed E-state index contributed by atoms with van der Waals surface area (Å²) in [5, 5.41) is 14.6. The Hall–Kier alpha value is -2.60. The van der Waals surface area contributed by atoms with Gasteiger partial charge in [0.15, 0.2) is 0 Å². The fourth-order valence-corrected chi connectivity index (χ4v) is 2.51. The first kappa shape index (κ1) is 15.3. The molecule has 0 radical (unpaired) electrons. The lowest BCUT2D eigenvalue weighted by Gasteiger charge is -2.12. The molecule has 0 saturated heterocycles. The van der Waals surface area contributed by atoms with E-state index in [-0.39, 0.29) is 5.91 Å². The van der Waals surface area contributed by atoms with Gasteiger partial charge in [-0.05, 0) is 43.3 Å². The summed E-state index contributed by atoms with van der Waals surface area (Å²) in [5.41, 5.74) is 3.53. The van der Waals surface area contributed by atoms with Crippen molar-refractivity contribution in [3.63, 3.8) is 0 Å². The van der Waals surface area contributed by atoms with Gasteiger partial charge in [-0.2, -0.15) is 0 Å². The molecule has 0 saturated carbocycles. The molecule has 0 spiro atoms. The first-order valence-corrected chi connectivity index (χ1v) is 7.60. The van der Waals surface area contributed by atoms with Gasteiger partial charge in [0.25, 0.3) is 5.91 Å². The first-order chi connectivity index (χ1) is 11.1. The van der Waals surface area contributed by atoms with Crippen LogP contribution in [0.1, 0.15) is 17.3 Å². The molecule has 23 heavy (non-hydrogen) atoms. The van der Waals surface area contributed by atoms with Crippen LogP contribution in [0.25, 0.3) is 11.0 Å². The molecule has 6 nitrogen and oxygen atoms in total. The third-order valence-electron chi connectivity index (χ3n) is 3.47. The van der Waals surface area contributed by atoms with Crippen molar-refractivity contribution >= 4 is 39.9 Å². The minimum Gasteiger partial charge on any atom is -0.384 e. The molecule has 1 amide bonds. The van der Waals surface area contributed by atoms with Crippen molar-refractivity contribution in [2.75, 3.05) is 17.2 Å². The summed E-state index contributed by atoms with van der Waals surface area (Å²) in [7, 11) is 1.81. The third-order valence-corrected chi connectivity index (χ3v) is 3.71. The number of halogens is 1. The van der Waals surface area contributed by atoms with Gasteiger partial charge in [-0.15, -0.1) is 5.10 Å². The van der Waals surface area contributed by atoms with E-state index >= 15 is 0 Å². The van der Waals surface area contributed by atoms with Gasteiger partial charge in [0.1, 0.15) is 5.52 Å². The number of aromatic nitrogens is 3. The van der Waals surface area contributed by atoms with Gasteiger partial charge in [0, 0.05) is 24.2 Å². The Labute approximate surface area is 138 Å². The van der Waals surface area contributed by atoms with Crippen molar-refractivity contribution in [1.29, 1.82) is 0 Å². The molecular weight excluding hydrogens is 314 g/mol. The van der Waals surface area contributed by atoms with Crippen molar-refractivity contribution in [2.24, 2.45) is 7.05 Å². The van der Waals surface area contributed by atoms with Crippen molar-refractivity contribution < 1.29 is 4.79 Å². The number of amides is 1. The highest BCUT2D eigenvalue weighted by Gasteiger charge is 2.12. The van der Waals surface area contributed by atoms with Crippen molar-refractivity contribution in [2.45, 2.75) is 6.92 Å². The van der Waals surface area contributed by atoms with Crippen LogP contribution in [-0.2, 0) is 7.05 Å². The summed E-state index contributed by atoms with van der Waals surface area (Å²) < 4.78 is 1.66. The minimum absolute atomic E-state index is 0.223. The second-order valence-corrected chi connectivity index (χ2v) is 5.53. The van der Waals surface area contributed by atoms with E-state index in [2.05, 4.69) is 20.9 Å². The zero-order valence-corrected chi connectivity index (χ0v) is 13.6. The van der Waals surface area contributed by atoms with Crippen LogP contribution in [-0.4, -0.2) is 27.4 Å². The predicted octanol–water partition coefficient (Wildman–Crippen LogP) is 3.31. The average molecular weight is 330 g/mol. The predicted molar refractivity (Wildman–Crippen MR) is 92.1 cm³/mol. The molecule has 0 unspecified atom stereocenters. The minimum atomic E-state index is -0.223. The first-order valence-electron chi connectivity index (χ1n) is 7.22. The smallest absolute Gasteiger partial charge is 0.255 e. The summed E-state index contributed by atoms with van der Waals surface area (Å²) in [6, 6.07) is 10.6. The van der Waals surface area contributed by atoms with Gasteiger partial charge in [-0.1, -0.05) is 16.8 Å². The fraction of sp³-hybridized carbons (Fsp3) is 0.188. The summed E-state index contributed by atoms with van der Waals surface area (Å²) >= 11 is 6.03. The molecule has 7 heteroatoms. The molecule has 0 aliphatic rings. The number of aryl methyl sites for hydroxylation is 1.